The third kappa shape index (κ3) is 5.04. The molecule has 0 spiro atoms. The second-order valence-electron chi connectivity index (χ2n) is 5.06. The second kappa shape index (κ2) is 9.19. The van der Waals surface area contributed by atoms with Crippen molar-refractivity contribution in [3.05, 3.63) is 34.6 Å². The number of hydrogen-bond acceptors (Lipinski definition) is 6. The van der Waals surface area contributed by atoms with Crippen molar-refractivity contribution >= 4 is 34.6 Å². The van der Waals surface area contributed by atoms with Gasteiger partial charge in [0.25, 0.3) is 5.56 Å². The molecule has 1 heterocycles. The lowest BCUT2D eigenvalue weighted by Gasteiger charge is -2.12. The number of hydrogen-bond donors (Lipinski definition) is 2. The van der Waals surface area contributed by atoms with Crippen LogP contribution in [0.4, 0.5) is 4.79 Å². The maximum Gasteiger partial charge on any atom is 0.321 e. The molecule has 2 aromatic rings. The standard InChI is InChI=1S/C16H20N4O4S/c1-3-17-15(23)19-13(21)10-25-16-18-12-7-5-4-6-11(12)14(22)20(16)8-9-24-2/h4-7H,3,8-10H2,1-2H3,(H2,17,19,21,23). The van der Waals surface area contributed by atoms with Crippen LogP contribution < -0.4 is 16.2 Å². The number of urea groups is 1. The van der Waals surface area contributed by atoms with E-state index in [1.165, 1.54) is 4.57 Å². The van der Waals surface area contributed by atoms with Crippen molar-refractivity contribution in [1.82, 2.24) is 20.2 Å². The van der Waals surface area contributed by atoms with Gasteiger partial charge in [-0.05, 0) is 19.1 Å². The summed E-state index contributed by atoms with van der Waals surface area (Å²) in [6, 6.07) is 6.49. The number of nitrogens with one attached hydrogen (secondary N) is 2. The maximum absolute atomic E-state index is 12.7. The molecule has 8 nitrogen and oxygen atoms in total. The van der Waals surface area contributed by atoms with Gasteiger partial charge in [-0.1, -0.05) is 23.9 Å². The highest BCUT2D eigenvalue weighted by Gasteiger charge is 2.14. The Morgan fingerprint density at radius 1 is 1.32 bits per heavy atom. The zero-order valence-electron chi connectivity index (χ0n) is 14.1. The van der Waals surface area contributed by atoms with E-state index in [0.717, 1.165) is 11.8 Å². The molecule has 0 aliphatic heterocycles. The summed E-state index contributed by atoms with van der Waals surface area (Å²) in [7, 11) is 1.55. The number of ether oxygens (including phenoxy) is 1. The SMILES string of the molecule is CCNC(=O)NC(=O)CSc1nc2ccccc2c(=O)n1CCOC. The van der Waals surface area contributed by atoms with Crippen LogP contribution in [0.3, 0.4) is 0 Å². The van der Waals surface area contributed by atoms with Crippen LogP contribution in [0.2, 0.25) is 0 Å². The predicted octanol–water partition coefficient (Wildman–Crippen LogP) is 0.981. The molecule has 9 heteroatoms. The summed E-state index contributed by atoms with van der Waals surface area (Å²) in [5, 5.41) is 5.61. The summed E-state index contributed by atoms with van der Waals surface area (Å²) in [6.45, 7) is 2.85. The van der Waals surface area contributed by atoms with Crippen LogP contribution in [0, 0.1) is 0 Å². The number of methoxy groups -OCH3 is 1. The van der Waals surface area contributed by atoms with Crippen molar-refractivity contribution in [2.24, 2.45) is 0 Å². The van der Waals surface area contributed by atoms with Crippen molar-refractivity contribution in [1.29, 1.82) is 0 Å². The van der Waals surface area contributed by atoms with E-state index < -0.39 is 11.9 Å². The fraction of sp³-hybridized carbons (Fsp3) is 0.375. The van der Waals surface area contributed by atoms with Crippen LogP contribution in [-0.4, -0.2) is 47.5 Å². The molecule has 0 fully saturated rings. The van der Waals surface area contributed by atoms with Gasteiger partial charge in [0, 0.05) is 13.7 Å². The molecule has 1 aromatic heterocycles. The van der Waals surface area contributed by atoms with Gasteiger partial charge < -0.3 is 10.1 Å². The normalized spacial score (nSPS) is 10.6. The van der Waals surface area contributed by atoms with Gasteiger partial charge in [-0.2, -0.15) is 0 Å². The molecule has 134 valence electrons. The first kappa shape index (κ1) is 18.9. The van der Waals surface area contributed by atoms with Crippen LogP contribution >= 0.6 is 11.8 Å². The molecule has 3 amide bonds. The maximum atomic E-state index is 12.7. The summed E-state index contributed by atoms with van der Waals surface area (Å²) in [6.07, 6.45) is 0. The Bertz CT molecular complexity index is 821. The lowest BCUT2D eigenvalue weighted by molar-refractivity contribution is -0.117. The smallest absolute Gasteiger partial charge is 0.321 e. The minimum Gasteiger partial charge on any atom is -0.383 e. The lowest BCUT2D eigenvalue weighted by Crippen LogP contribution is -2.40. The fourth-order valence-electron chi connectivity index (χ4n) is 2.14. The van der Waals surface area contributed by atoms with Crippen LogP contribution in [-0.2, 0) is 16.1 Å². The molecule has 0 unspecified atom stereocenters. The Morgan fingerprint density at radius 3 is 2.80 bits per heavy atom. The first-order valence-electron chi connectivity index (χ1n) is 7.75. The summed E-state index contributed by atoms with van der Waals surface area (Å²) in [5.74, 6) is -0.494. The number of amides is 3. The summed E-state index contributed by atoms with van der Waals surface area (Å²) < 4.78 is 6.53. The molecule has 25 heavy (non-hydrogen) atoms. The molecule has 0 saturated carbocycles. The number of fused-ring (bicyclic) bond motifs is 1. The van der Waals surface area contributed by atoms with E-state index >= 15 is 0 Å². The Balaban J connectivity index is 2.22. The van der Waals surface area contributed by atoms with E-state index in [2.05, 4.69) is 15.6 Å². The fourth-order valence-corrected chi connectivity index (χ4v) is 2.96. The number of imide groups is 1. The molecule has 2 N–H and O–H groups in total. The Hall–Kier alpha value is -2.39. The van der Waals surface area contributed by atoms with Gasteiger partial charge in [0.2, 0.25) is 5.91 Å². The number of benzene rings is 1. The van der Waals surface area contributed by atoms with Crippen molar-refractivity contribution in [2.75, 3.05) is 26.0 Å². The highest BCUT2D eigenvalue weighted by Crippen LogP contribution is 2.17. The van der Waals surface area contributed by atoms with Gasteiger partial charge in [0.15, 0.2) is 5.16 Å². The molecular formula is C16H20N4O4S. The number of para-hydroxylation sites is 1. The molecule has 2 rings (SSSR count). The van der Waals surface area contributed by atoms with Crippen LogP contribution in [0.1, 0.15) is 6.92 Å². The predicted molar refractivity (Wildman–Crippen MR) is 95.8 cm³/mol. The molecule has 0 bridgehead atoms. The average molecular weight is 364 g/mol. The minimum atomic E-state index is -0.545. The van der Waals surface area contributed by atoms with Crippen LogP contribution in [0.5, 0.6) is 0 Å². The zero-order chi connectivity index (χ0) is 18.2. The van der Waals surface area contributed by atoms with E-state index in [1.807, 2.05) is 0 Å². The summed E-state index contributed by atoms with van der Waals surface area (Å²) in [4.78, 5) is 40.3. The van der Waals surface area contributed by atoms with Crippen LogP contribution in [0.25, 0.3) is 10.9 Å². The van der Waals surface area contributed by atoms with Crippen LogP contribution in [0.15, 0.2) is 34.2 Å². The number of aromatic nitrogens is 2. The topological polar surface area (TPSA) is 102 Å². The van der Waals surface area contributed by atoms with Gasteiger partial charge in [-0.15, -0.1) is 0 Å². The monoisotopic (exact) mass is 364 g/mol. The molecule has 0 saturated heterocycles. The molecule has 0 radical (unpaired) electrons. The van der Waals surface area contributed by atoms with E-state index in [9.17, 15) is 14.4 Å². The van der Waals surface area contributed by atoms with Crippen molar-refractivity contribution < 1.29 is 14.3 Å². The van der Waals surface area contributed by atoms with Gasteiger partial charge >= 0.3 is 6.03 Å². The summed E-state index contributed by atoms with van der Waals surface area (Å²) in [5.41, 5.74) is 0.377. The van der Waals surface area contributed by atoms with E-state index in [1.54, 1.807) is 38.3 Å². The van der Waals surface area contributed by atoms with Gasteiger partial charge in [-0.3, -0.25) is 19.5 Å². The number of carbonyl (C=O) groups excluding carboxylic acids is 2. The van der Waals surface area contributed by atoms with Crippen molar-refractivity contribution in [3.63, 3.8) is 0 Å². The Kier molecular flexibility index (Phi) is 6.96. The average Bonchev–Trinajstić information content (AvgIpc) is 2.59. The van der Waals surface area contributed by atoms with E-state index in [-0.39, 0.29) is 11.3 Å². The number of rotatable bonds is 7. The molecule has 1 aromatic carbocycles. The van der Waals surface area contributed by atoms with E-state index in [0.29, 0.717) is 35.8 Å². The molecule has 0 atom stereocenters. The van der Waals surface area contributed by atoms with E-state index in [4.69, 9.17) is 4.74 Å². The quantitative estimate of drug-likeness (QED) is 0.561. The third-order valence-corrected chi connectivity index (χ3v) is 4.24. The highest BCUT2D eigenvalue weighted by atomic mass is 32.2. The van der Waals surface area contributed by atoms with Gasteiger partial charge in [0.05, 0.1) is 29.8 Å². The zero-order valence-corrected chi connectivity index (χ0v) is 14.9. The highest BCUT2D eigenvalue weighted by molar-refractivity contribution is 7.99. The minimum absolute atomic E-state index is 0.0328. The van der Waals surface area contributed by atoms with Gasteiger partial charge in [-0.25, -0.2) is 9.78 Å². The largest absolute Gasteiger partial charge is 0.383 e. The molecule has 0 aliphatic carbocycles. The molecular weight excluding hydrogens is 344 g/mol. The third-order valence-electron chi connectivity index (χ3n) is 3.27. The van der Waals surface area contributed by atoms with Crippen molar-refractivity contribution in [3.8, 4) is 0 Å². The van der Waals surface area contributed by atoms with Gasteiger partial charge in [0.1, 0.15) is 0 Å². The number of nitrogens with zero attached hydrogens (tertiary/aromatic N) is 2. The lowest BCUT2D eigenvalue weighted by atomic mass is 10.2. The number of thioether (sulfide) groups is 1. The Labute approximate surface area is 149 Å². The molecule has 0 aliphatic rings. The first-order valence-corrected chi connectivity index (χ1v) is 8.74. The first-order chi connectivity index (χ1) is 12.1. The Morgan fingerprint density at radius 2 is 2.08 bits per heavy atom. The summed E-state index contributed by atoms with van der Waals surface area (Å²) >= 11 is 1.10. The number of carbonyl (C=O) groups is 2. The van der Waals surface area contributed by atoms with Crippen molar-refractivity contribution in [2.45, 2.75) is 18.6 Å². The second-order valence-corrected chi connectivity index (χ2v) is 6.00.